The van der Waals surface area contributed by atoms with Crippen molar-refractivity contribution < 1.29 is 4.79 Å². The van der Waals surface area contributed by atoms with E-state index in [1.165, 1.54) is 0 Å². The number of aromatic nitrogens is 1. The SMILES string of the molecule is O=C1CCCCN1c1ccc2[nH]ccc2c1. The Labute approximate surface area is 94.1 Å². The van der Waals surface area contributed by atoms with Crippen molar-refractivity contribution in [1.29, 1.82) is 0 Å². The number of hydrogen-bond donors (Lipinski definition) is 1. The van der Waals surface area contributed by atoms with E-state index in [-0.39, 0.29) is 5.91 Å². The third-order valence-corrected chi connectivity index (χ3v) is 3.17. The summed E-state index contributed by atoms with van der Waals surface area (Å²) in [4.78, 5) is 16.8. The maximum absolute atomic E-state index is 11.8. The number of piperidine rings is 1. The highest BCUT2D eigenvalue weighted by atomic mass is 16.2. The Morgan fingerprint density at radius 2 is 2.12 bits per heavy atom. The maximum atomic E-state index is 11.8. The molecule has 1 saturated heterocycles. The van der Waals surface area contributed by atoms with Gasteiger partial charge in [0.15, 0.2) is 0 Å². The highest BCUT2D eigenvalue weighted by molar-refractivity contribution is 5.96. The number of nitrogens with one attached hydrogen (secondary N) is 1. The Morgan fingerprint density at radius 1 is 1.19 bits per heavy atom. The zero-order chi connectivity index (χ0) is 11.0. The zero-order valence-electron chi connectivity index (χ0n) is 9.07. The normalized spacial score (nSPS) is 17.0. The van der Waals surface area contributed by atoms with Crippen LogP contribution in [0, 0.1) is 0 Å². The van der Waals surface area contributed by atoms with Gasteiger partial charge in [0, 0.05) is 35.8 Å². The third-order valence-electron chi connectivity index (χ3n) is 3.17. The van der Waals surface area contributed by atoms with Gasteiger partial charge in [0.1, 0.15) is 0 Å². The fourth-order valence-electron chi connectivity index (χ4n) is 2.29. The lowest BCUT2D eigenvalue weighted by molar-refractivity contribution is -0.119. The number of benzene rings is 1. The predicted molar refractivity (Wildman–Crippen MR) is 64.5 cm³/mol. The van der Waals surface area contributed by atoms with Crippen LogP contribution in [0.25, 0.3) is 10.9 Å². The molecule has 1 N–H and O–H groups in total. The molecule has 1 aliphatic heterocycles. The van der Waals surface area contributed by atoms with Crippen LogP contribution in [0.1, 0.15) is 19.3 Å². The number of anilines is 1. The van der Waals surface area contributed by atoms with Gasteiger partial charge in [0.25, 0.3) is 0 Å². The molecule has 2 heterocycles. The molecule has 3 nitrogen and oxygen atoms in total. The van der Waals surface area contributed by atoms with Crippen molar-refractivity contribution in [3.8, 4) is 0 Å². The molecule has 2 aromatic rings. The summed E-state index contributed by atoms with van der Waals surface area (Å²) in [6, 6.07) is 8.16. The van der Waals surface area contributed by atoms with E-state index in [9.17, 15) is 4.79 Å². The van der Waals surface area contributed by atoms with Crippen molar-refractivity contribution >= 4 is 22.5 Å². The summed E-state index contributed by atoms with van der Waals surface area (Å²) in [7, 11) is 0. The first-order valence-electron chi connectivity index (χ1n) is 5.72. The van der Waals surface area contributed by atoms with Gasteiger partial charge in [-0.3, -0.25) is 4.79 Å². The first-order valence-corrected chi connectivity index (χ1v) is 5.72. The Kier molecular flexibility index (Phi) is 2.17. The Balaban J connectivity index is 2.00. The molecule has 0 saturated carbocycles. The third kappa shape index (κ3) is 1.48. The fraction of sp³-hybridized carbons (Fsp3) is 0.308. The van der Waals surface area contributed by atoms with Gasteiger partial charge in [-0.15, -0.1) is 0 Å². The minimum absolute atomic E-state index is 0.251. The van der Waals surface area contributed by atoms with E-state index >= 15 is 0 Å². The second-order valence-electron chi connectivity index (χ2n) is 4.25. The number of fused-ring (bicyclic) bond motifs is 1. The van der Waals surface area contributed by atoms with Gasteiger partial charge in [0.05, 0.1) is 0 Å². The van der Waals surface area contributed by atoms with Crippen molar-refractivity contribution in [2.45, 2.75) is 19.3 Å². The van der Waals surface area contributed by atoms with Crippen LogP contribution < -0.4 is 4.90 Å². The molecule has 0 aliphatic carbocycles. The first-order chi connectivity index (χ1) is 7.84. The number of H-pyrrole nitrogens is 1. The topological polar surface area (TPSA) is 36.1 Å². The van der Waals surface area contributed by atoms with Crippen molar-refractivity contribution in [3.63, 3.8) is 0 Å². The van der Waals surface area contributed by atoms with Crippen LogP contribution in [0.2, 0.25) is 0 Å². The monoisotopic (exact) mass is 214 g/mol. The van der Waals surface area contributed by atoms with E-state index in [0.29, 0.717) is 6.42 Å². The summed E-state index contributed by atoms with van der Waals surface area (Å²) in [5, 5.41) is 1.16. The molecule has 0 radical (unpaired) electrons. The summed E-state index contributed by atoms with van der Waals surface area (Å²) in [6.45, 7) is 0.856. The van der Waals surface area contributed by atoms with Crippen LogP contribution in [0.15, 0.2) is 30.5 Å². The summed E-state index contributed by atoms with van der Waals surface area (Å²) < 4.78 is 0. The molecule has 3 heteroatoms. The molecule has 1 aromatic heterocycles. The van der Waals surface area contributed by atoms with Gasteiger partial charge < -0.3 is 9.88 Å². The van der Waals surface area contributed by atoms with Crippen LogP contribution in [0.5, 0.6) is 0 Å². The van der Waals surface area contributed by atoms with Gasteiger partial charge in [-0.05, 0) is 37.1 Å². The van der Waals surface area contributed by atoms with E-state index in [4.69, 9.17) is 0 Å². The lowest BCUT2D eigenvalue weighted by atomic mass is 10.1. The fourth-order valence-corrected chi connectivity index (χ4v) is 2.29. The van der Waals surface area contributed by atoms with Crippen molar-refractivity contribution in [1.82, 2.24) is 4.98 Å². The quantitative estimate of drug-likeness (QED) is 0.778. The standard InChI is InChI=1S/C13H14N2O/c16-13-3-1-2-8-15(13)11-4-5-12-10(9-11)6-7-14-12/h4-7,9,14H,1-3,8H2. The lowest BCUT2D eigenvalue weighted by Crippen LogP contribution is -2.35. The summed E-state index contributed by atoms with van der Waals surface area (Å²) in [5.74, 6) is 0.251. The molecule has 1 amide bonds. The van der Waals surface area contributed by atoms with Crippen LogP contribution in [-0.4, -0.2) is 17.4 Å². The average Bonchev–Trinajstić information content (AvgIpc) is 2.76. The number of carbonyl (C=O) groups excluding carboxylic acids is 1. The smallest absolute Gasteiger partial charge is 0.226 e. The molecule has 82 valence electrons. The molecule has 1 aromatic carbocycles. The number of rotatable bonds is 1. The lowest BCUT2D eigenvalue weighted by Gasteiger charge is -2.26. The zero-order valence-corrected chi connectivity index (χ0v) is 9.07. The minimum atomic E-state index is 0.251. The molecule has 0 spiro atoms. The van der Waals surface area contributed by atoms with E-state index in [1.54, 1.807) is 0 Å². The molecular formula is C13H14N2O. The van der Waals surface area contributed by atoms with Crippen LogP contribution in [0.4, 0.5) is 5.69 Å². The second-order valence-corrected chi connectivity index (χ2v) is 4.25. The van der Waals surface area contributed by atoms with Gasteiger partial charge >= 0.3 is 0 Å². The van der Waals surface area contributed by atoms with Gasteiger partial charge in [-0.2, -0.15) is 0 Å². The maximum Gasteiger partial charge on any atom is 0.226 e. The van der Waals surface area contributed by atoms with E-state index < -0.39 is 0 Å². The molecule has 0 atom stereocenters. The largest absolute Gasteiger partial charge is 0.361 e. The molecule has 16 heavy (non-hydrogen) atoms. The van der Waals surface area contributed by atoms with E-state index in [0.717, 1.165) is 36.0 Å². The van der Waals surface area contributed by atoms with Crippen LogP contribution in [-0.2, 0) is 4.79 Å². The van der Waals surface area contributed by atoms with E-state index in [2.05, 4.69) is 11.1 Å². The molecule has 0 bridgehead atoms. The van der Waals surface area contributed by atoms with Gasteiger partial charge in [-0.1, -0.05) is 0 Å². The van der Waals surface area contributed by atoms with Gasteiger partial charge in [-0.25, -0.2) is 0 Å². The number of carbonyl (C=O) groups is 1. The van der Waals surface area contributed by atoms with E-state index in [1.807, 2.05) is 29.3 Å². The van der Waals surface area contributed by atoms with Crippen molar-refractivity contribution in [2.24, 2.45) is 0 Å². The van der Waals surface area contributed by atoms with Crippen molar-refractivity contribution in [3.05, 3.63) is 30.5 Å². The average molecular weight is 214 g/mol. The molecule has 0 unspecified atom stereocenters. The number of hydrogen-bond acceptors (Lipinski definition) is 1. The van der Waals surface area contributed by atoms with Crippen molar-refractivity contribution in [2.75, 3.05) is 11.4 Å². The highest BCUT2D eigenvalue weighted by Crippen LogP contribution is 2.24. The minimum Gasteiger partial charge on any atom is -0.361 e. The molecule has 3 rings (SSSR count). The van der Waals surface area contributed by atoms with Crippen LogP contribution >= 0.6 is 0 Å². The second kappa shape index (κ2) is 3.67. The number of aromatic amines is 1. The molecular weight excluding hydrogens is 200 g/mol. The van der Waals surface area contributed by atoms with Gasteiger partial charge in [0.2, 0.25) is 5.91 Å². The summed E-state index contributed by atoms with van der Waals surface area (Å²) >= 11 is 0. The summed E-state index contributed by atoms with van der Waals surface area (Å²) in [6.07, 6.45) is 4.75. The predicted octanol–water partition coefficient (Wildman–Crippen LogP) is 2.68. The Hall–Kier alpha value is -1.77. The first kappa shape index (κ1) is 9.46. The van der Waals surface area contributed by atoms with Crippen LogP contribution in [0.3, 0.4) is 0 Å². The molecule has 1 aliphatic rings. The highest BCUT2D eigenvalue weighted by Gasteiger charge is 2.19. The Morgan fingerprint density at radius 3 is 3.00 bits per heavy atom. The number of nitrogens with zero attached hydrogens (tertiary/aromatic N) is 1. The Bertz CT molecular complexity index is 529. The summed E-state index contributed by atoms with van der Waals surface area (Å²) in [5.41, 5.74) is 2.14. The molecule has 1 fully saturated rings. The number of amides is 1.